The molecule has 5 nitrogen and oxygen atoms in total. The molecule has 2 N–H and O–H groups in total. The number of ether oxygens (including phenoxy) is 1. The van der Waals surface area contributed by atoms with Crippen LogP contribution in [0.15, 0.2) is 69.6 Å². The van der Waals surface area contributed by atoms with Crippen LogP contribution in [0.1, 0.15) is 30.0 Å². The second-order valence-electron chi connectivity index (χ2n) is 6.60. The summed E-state index contributed by atoms with van der Waals surface area (Å²) in [6.45, 7) is 4.27. The summed E-state index contributed by atoms with van der Waals surface area (Å²) in [4.78, 5) is 12.3. The van der Waals surface area contributed by atoms with Gasteiger partial charge in [-0.25, -0.2) is 0 Å². The van der Waals surface area contributed by atoms with Crippen LogP contribution in [-0.4, -0.2) is 17.1 Å². The Morgan fingerprint density at radius 2 is 1.76 bits per heavy atom. The molecule has 29 heavy (non-hydrogen) atoms. The van der Waals surface area contributed by atoms with E-state index in [-0.39, 0.29) is 17.1 Å². The van der Waals surface area contributed by atoms with E-state index in [4.69, 9.17) is 21.4 Å². The molecule has 0 unspecified atom stereocenters. The zero-order valence-corrected chi connectivity index (χ0v) is 18.5. The number of hydrogen-bond acceptors (Lipinski definition) is 4. The fraction of sp³-hybridized carbons (Fsp3) is 0.182. The van der Waals surface area contributed by atoms with Crippen LogP contribution in [0, 0.1) is 0 Å². The second kappa shape index (κ2) is 9.71. The Bertz CT molecular complexity index is 982. The van der Waals surface area contributed by atoms with E-state index < -0.39 is 0 Å². The smallest absolute Gasteiger partial charge is 0.257 e. The number of benzene rings is 2. The van der Waals surface area contributed by atoms with E-state index in [0.717, 1.165) is 27.3 Å². The van der Waals surface area contributed by atoms with Crippen LogP contribution in [0.5, 0.6) is 5.75 Å². The minimum Gasteiger partial charge on any atom is -0.491 e. The van der Waals surface area contributed by atoms with Crippen molar-refractivity contribution in [1.82, 2.24) is 10.6 Å². The highest BCUT2D eigenvalue weighted by Gasteiger charge is 2.10. The van der Waals surface area contributed by atoms with Gasteiger partial charge < -0.3 is 14.5 Å². The monoisotopic (exact) mass is 472 g/mol. The predicted octanol–water partition coefficient (Wildman–Crippen LogP) is 5.30. The fourth-order valence-electron chi connectivity index (χ4n) is 2.59. The summed E-state index contributed by atoms with van der Waals surface area (Å²) in [6, 6.07) is 18.6. The molecule has 0 radical (unpaired) electrons. The van der Waals surface area contributed by atoms with E-state index in [2.05, 4.69) is 26.6 Å². The standard InChI is InChI=1S/C22H21BrN2O3S/c1-14(2)27-18-9-5-16(6-10-18)21(26)25-22(29)24-13-19-11-12-20(28-19)15-3-7-17(23)8-4-15/h3-12,14H,13H2,1-2H3,(H2,24,25,26,29). The first-order valence-corrected chi connectivity index (χ1v) is 10.3. The van der Waals surface area contributed by atoms with Crippen molar-refractivity contribution < 1.29 is 13.9 Å². The SMILES string of the molecule is CC(C)Oc1ccc(C(=O)NC(=S)NCc2ccc(-c3ccc(Br)cc3)o2)cc1. The van der Waals surface area contributed by atoms with E-state index in [1.54, 1.807) is 24.3 Å². The average molecular weight is 473 g/mol. The maximum atomic E-state index is 12.3. The Kier molecular flexibility index (Phi) is 7.06. The van der Waals surface area contributed by atoms with Crippen LogP contribution in [0.2, 0.25) is 0 Å². The van der Waals surface area contributed by atoms with Gasteiger partial charge in [0, 0.05) is 15.6 Å². The first-order chi connectivity index (χ1) is 13.9. The summed E-state index contributed by atoms with van der Waals surface area (Å²) < 4.78 is 12.4. The molecule has 0 aliphatic carbocycles. The van der Waals surface area contributed by atoms with Gasteiger partial charge in [0.2, 0.25) is 0 Å². The second-order valence-corrected chi connectivity index (χ2v) is 7.92. The summed E-state index contributed by atoms with van der Waals surface area (Å²) >= 11 is 8.63. The topological polar surface area (TPSA) is 63.5 Å². The van der Waals surface area contributed by atoms with E-state index in [1.807, 2.05) is 50.2 Å². The lowest BCUT2D eigenvalue weighted by molar-refractivity contribution is 0.0976. The molecule has 0 fully saturated rings. The summed E-state index contributed by atoms with van der Waals surface area (Å²) in [5.41, 5.74) is 1.49. The van der Waals surface area contributed by atoms with Crippen molar-refractivity contribution in [1.29, 1.82) is 0 Å². The zero-order valence-electron chi connectivity index (χ0n) is 16.1. The number of thiocarbonyl (C=S) groups is 1. The highest BCUT2D eigenvalue weighted by atomic mass is 79.9. The van der Waals surface area contributed by atoms with Crippen LogP contribution in [0.25, 0.3) is 11.3 Å². The quantitative estimate of drug-likeness (QED) is 0.476. The van der Waals surface area contributed by atoms with E-state index in [0.29, 0.717) is 12.1 Å². The Balaban J connectivity index is 1.51. The Morgan fingerprint density at radius 1 is 1.07 bits per heavy atom. The van der Waals surface area contributed by atoms with Crippen LogP contribution in [-0.2, 0) is 6.54 Å². The minimum atomic E-state index is -0.284. The van der Waals surface area contributed by atoms with Gasteiger partial charge in [-0.3, -0.25) is 10.1 Å². The molecule has 0 aliphatic heterocycles. The summed E-state index contributed by atoms with van der Waals surface area (Å²) in [5.74, 6) is 1.92. The van der Waals surface area contributed by atoms with E-state index in [9.17, 15) is 4.79 Å². The van der Waals surface area contributed by atoms with Crippen LogP contribution < -0.4 is 15.4 Å². The molecule has 0 bridgehead atoms. The van der Waals surface area contributed by atoms with Crippen molar-refractivity contribution >= 4 is 39.2 Å². The number of hydrogen-bond donors (Lipinski definition) is 2. The Labute approximate surface area is 183 Å². The normalized spacial score (nSPS) is 10.6. The van der Waals surface area contributed by atoms with Gasteiger partial charge in [0.25, 0.3) is 5.91 Å². The lowest BCUT2D eigenvalue weighted by Crippen LogP contribution is -2.38. The van der Waals surface area contributed by atoms with Gasteiger partial charge >= 0.3 is 0 Å². The number of amides is 1. The van der Waals surface area contributed by atoms with Gasteiger partial charge in [-0.1, -0.05) is 28.1 Å². The zero-order chi connectivity index (χ0) is 20.8. The number of halogens is 1. The molecule has 0 atom stereocenters. The van der Waals surface area contributed by atoms with Crippen LogP contribution >= 0.6 is 28.1 Å². The van der Waals surface area contributed by atoms with E-state index >= 15 is 0 Å². The molecule has 0 spiro atoms. The molecule has 1 heterocycles. The average Bonchev–Trinajstić information content (AvgIpc) is 3.16. The summed E-state index contributed by atoms with van der Waals surface area (Å²) in [5, 5.41) is 5.88. The molecule has 7 heteroatoms. The first-order valence-electron chi connectivity index (χ1n) is 9.11. The van der Waals surface area contributed by atoms with Crippen LogP contribution in [0.4, 0.5) is 0 Å². The Morgan fingerprint density at radius 3 is 2.41 bits per heavy atom. The highest BCUT2D eigenvalue weighted by Crippen LogP contribution is 2.24. The highest BCUT2D eigenvalue weighted by molar-refractivity contribution is 9.10. The first kappa shape index (κ1) is 21.1. The van der Waals surface area contributed by atoms with Gasteiger partial charge in [0.05, 0.1) is 12.6 Å². The third-order valence-electron chi connectivity index (χ3n) is 3.93. The van der Waals surface area contributed by atoms with Crippen molar-refractivity contribution in [3.05, 3.63) is 76.5 Å². The predicted molar refractivity (Wildman–Crippen MR) is 121 cm³/mol. The summed E-state index contributed by atoms with van der Waals surface area (Å²) in [7, 11) is 0. The third kappa shape index (κ3) is 6.17. The van der Waals surface area contributed by atoms with Crippen molar-refractivity contribution in [2.24, 2.45) is 0 Å². The van der Waals surface area contributed by atoms with Crippen molar-refractivity contribution in [2.45, 2.75) is 26.5 Å². The molecular formula is C22H21BrN2O3S. The maximum Gasteiger partial charge on any atom is 0.257 e. The minimum absolute atomic E-state index is 0.0809. The number of rotatable bonds is 6. The molecular weight excluding hydrogens is 452 g/mol. The van der Waals surface area contributed by atoms with Gasteiger partial charge in [0.1, 0.15) is 17.3 Å². The molecule has 150 valence electrons. The molecule has 3 aromatic rings. The summed E-state index contributed by atoms with van der Waals surface area (Å²) in [6.07, 6.45) is 0.0809. The van der Waals surface area contributed by atoms with Gasteiger partial charge in [-0.2, -0.15) is 0 Å². The largest absolute Gasteiger partial charge is 0.491 e. The fourth-order valence-corrected chi connectivity index (χ4v) is 3.02. The molecule has 3 rings (SSSR count). The van der Waals surface area contributed by atoms with Crippen molar-refractivity contribution in [3.8, 4) is 17.1 Å². The van der Waals surface area contributed by atoms with Crippen molar-refractivity contribution in [3.63, 3.8) is 0 Å². The molecule has 1 amide bonds. The van der Waals surface area contributed by atoms with Gasteiger partial charge in [-0.15, -0.1) is 0 Å². The molecule has 2 aromatic carbocycles. The molecule has 0 aliphatic rings. The van der Waals surface area contributed by atoms with Gasteiger partial charge in [-0.05, 0) is 74.6 Å². The lowest BCUT2D eigenvalue weighted by Gasteiger charge is -2.11. The molecule has 0 saturated heterocycles. The third-order valence-corrected chi connectivity index (χ3v) is 4.70. The van der Waals surface area contributed by atoms with Crippen molar-refractivity contribution in [2.75, 3.05) is 0 Å². The number of carbonyl (C=O) groups excluding carboxylic acids is 1. The number of nitrogens with one attached hydrogen (secondary N) is 2. The van der Waals surface area contributed by atoms with Gasteiger partial charge in [0.15, 0.2) is 5.11 Å². The van der Waals surface area contributed by atoms with Crippen LogP contribution in [0.3, 0.4) is 0 Å². The lowest BCUT2D eigenvalue weighted by atomic mass is 10.2. The Hall–Kier alpha value is -2.64. The number of carbonyl (C=O) groups is 1. The maximum absolute atomic E-state index is 12.3. The molecule has 0 saturated carbocycles. The number of furan rings is 1. The molecule has 1 aromatic heterocycles. The van der Waals surface area contributed by atoms with E-state index in [1.165, 1.54) is 0 Å².